The first-order chi connectivity index (χ1) is 11.0. The van der Waals surface area contributed by atoms with Gasteiger partial charge in [0, 0.05) is 25.3 Å². The van der Waals surface area contributed by atoms with Crippen LogP contribution in [-0.2, 0) is 0 Å². The lowest BCUT2D eigenvalue weighted by Crippen LogP contribution is -2.27. The number of halogens is 2. The van der Waals surface area contributed by atoms with E-state index in [9.17, 15) is 14.3 Å². The molecule has 1 atom stereocenters. The van der Waals surface area contributed by atoms with Crippen molar-refractivity contribution in [2.75, 3.05) is 23.3 Å². The average Bonchev–Trinajstić information content (AvgIpc) is 2.96. The Hall–Kier alpha value is -2.48. The highest BCUT2D eigenvalue weighted by Gasteiger charge is 2.25. The second-order valence-electron chi connectivity index (χ2n) is 5.13. The molecule has 2 N–H and O–H groups in total. The maximum atomic E-state index is 12.9. The smallest absolute Gasteiger partial charge is 0.339 e. The van der Waals surface area contributed by atoms with Crippen LogP contribution >= 0.6 is 11.6 Å². The molecule has 23 heavy (non-hydrogen) atoms. The normalized spacial score (nSPS) is 17.3. The number of anilines is 2. The second kappa shape index (κ2) is 6.33. The maximum Gasteiger partial charge on any atom is 0.339 e. The Morgan fingerprint density at radius 3 is 2.78 bits per heavy atom. The van der Waals surface area contributed by atoms with E-state index in [0.29, 0.717) is 24.7 Å². The molecule has 1 fully saturated rings. The third-order valence-electron chi connectivity index (χ3n) is 3.54. The Morgan fingerprint density at radius 1 is 1.35 bits per heavy atom. The summed E-state index contributed by atoms with van der Waals surface area (Å²) in [5.74, 6) is -1.12. The number of pyridine rings is 1. The van der Waals surface area contributed by atoms with Crippen LogP contribution in [0.1, 0.15) is 16.8 Å². The van der Waals surface area contributed by atoms with Gasteiger partial charge in [-0.05, 0) is 12.5 Å². The van der Waals surface area contributed by atoms with Crippen molar-refractivity contribution < 1.29 is 14.3 Å². The van der Waals surface area contributed by atoms with Crippen molar-refractivity contribution in [3.8, 4) is 0 Å². The number of aromatic nitrogens is 3. The van der Waals surface area contributed by atoms with Crippen LogP contribution in [0.3, 0.4) is 0 Å². The van der Waals surface area contributed by atoms with Gasteiger partial charge >= 0.3 is 5.97 Å². The van der Waals surface area contributed by atoms with Crippen LogP contribution in [0.2, 0.25) is 5.15 Å². The molecule has 9 heteroatoms. The van der Waals surface area contributed by atoms with Crippen molar-refractivity contribution in [2.45, 2.75) is 12.5 Å². The molecule has 0 bridgehead atoms. The maximum absolute atomic E-state index is 12.9. The third kappa shape index (κ3) is 3.48. The molecule has 3 rings (SSSR count). The summed E-state index contributed by atoms with van der Waals surface area (Å²) in [6.07, 6.45) is 4.23. The summed E-state index contributed by atoms with van der Waals surface area (Å²) in [6.45, 7) is 1.26. The van der Waals surface area contributed by atoms with Gasteiger partial charge in [0.2, 0.25) is 5.95 Å². The van der Waals surface area contributed by atoms with Crippen LogP contribution < -0.4 is 10.2 Å². The van der Waals surface area contributed by atoms with Gasteiger partial charge in [-0.25, -0.2) is 24.1 Å². The van der Waals surface area contributed by atoms with Crippen LogP contribution in [0.25, 0.3) is 0 Å². The van der Waals surface area contributed by atoms with E-state index < -0.39 is 11.8 Å². The van der Waals surface area contributed by atoms with Gasteiger partial charge in [0.25, 0.3) is 0 Å². The Kier molecular flexibility index (Phi) is 4.24. The van der Waals surface area contributed by atoms with E-state index in [1.165, 1.54) is 12.3 Å². The minimum atomic E-state index is -1.08. The van der Waals surface area contributed by atoms with Gasteiger partial charge in [-0.3, -0.25) is 0 Å². The van der Waals surface area contributed by atoms with E-state index in [1.807, 2.05) is 4.90 Å². The van der Waals surface area contributed by atoms with E-state index in [4.69, 9.17) is 11.6 Å². The SMILES string of the molecule is O=C(O)c1cnc(Cl)cc1NC1CCN(c2ncc(F)cn2)C1. The first-order valence-electron chi connectivity index (χ1n) is 6.91. The topological polar surface area (TPSA) is 91.2 Å². The molecule has 1 aliphatic rings. The average molecular weight is 338 g/mol. The predicted molar refractivity (Wildman–Crippen MR) is 82.4 cm³/mol. The van der Waals surface area contributed by atoms with Crippen LogP contribution in [-0.4, -0.2) is 45.2 Å². The molecule has 0 aromatic carbocycles. The number of aromatic carboxylic acids is 1. The third-order valence-corrected chi connectivity index (χ3v) is 3.75. The molecule has 0 spiro atoms. The highest BCUT2D eigenvalue weighted by molar-refractivity contribution is 6.29. The standard InChI is InChI=1S/C14H13ClFN5O2/c15-12-3-11(10(6-17-12)13(22)23)20-9-1-2-21(7-9)14-18-4-8(16)5-19-14/h3-6,9H,1-2,7H2,(H,17,20)(H,22,23). The zero-order valence-corrected chi connectivity index (χ0v) is 12.7. The van der Waals surface area contributed by atoms with E-state index in [1.54, 1.807) is 0 Å². The number of carboxylic acids is 1. The lowest BCUT2D eigenvalue weighted by Gasteiger charge is -2.18. The van der Waals surface area contributed by atoms with Crippen molar-refractivity contribution in [1.82, 2.24) is 15.0 Å². The molecule has 1 aliphatic heterocycles. The summed E-state index contributed by atoms with van der Waals surface area (Å²) in [5.41, 5.74) is 0.482. The fraction of sp³-hybridized carbons (Fsp3) is 0.286. The molecular weight excluding hydrogens is 325 g/mol. The summed E-state index contributed by atoms with van der Waals surface area (Å²) in [5, 5.41) is 12.6. The van der Waals surface area contributed by atoms with Gasteiger partial charge in [0.05, 0.1) is 18.1 Å². The van der Waals surface area contributed by atoms with Gasteiger partial charge in [-0.2, -0.15) is 0 Å². The number of carboxylic acid groups (broad SMARTS) is 1. The predicted octanol–water partition coefficient (Wildman–Crippen LogP) is 2.05. The van der Waals surface area contributed by atoms with E-state index >= 15 is 0 Å². The molecule has 1 unspecified atom stereocenters. The molecule has 0 saturated carbocycles. The van der Waals surface area contributed by atoms with Gasteiger partial charge in [-0.15, -0.1) is 0 Å². The fourth-order valence-corrected chi connectivity index (χ4v) is 2.63. The Labute approximate surface area is 136 Å². The zero-order valence-electron chi connectivity index (χ0n) is 11.9. The summed E-state index contributed by atoms with van der Waals surface area (Å²) in [7, 11) is 0. The zero-order chi connectivity index (χ0) is 16.4. The molecule has 2 aromatic heterocycles. The van der Waals surface area contributed by atoms with Crippen molar-refractivity contribution in [3.63, 3.8) is 0 Å². The van der Waals surface area contributed by atoms with Crippen LogP contribution in [0, 0.1) is 5.82 Å². The monoisotopic (exact) mass is 337 g/mol. The number of nitrogens with zero attached hydrogens (tertiary/aromatic N) is 4. The second-order valence-corrected chi connectivity index (χ2v) is 5.52. The highest BCUT2D eigenvalue weighted by Crippen LogP contribution is 2.23. The molecule has 0 radical (unpaired) electrons. The van der Waals surface area contributed by atoms with E-state index in [0.717, 1.165) is 18.8 Å². The van der Waals surface area contributed by atoms with Gasteiger partial charge < -0.3 is 15.3 Å². The number of rotatable bonds is 4. The van der Waals surface area contributed by atoms with Crippen molar-refractivity contribution in [2.24, 2.45) is 0 Å². The lowest BCUT2D eigenvalue weighted by atomic mass is 10.2. The van der Waals surface area contributed by atoms with Gasteiger partial charge in [0.15, 0.2) is 5.82 Å². The summed E-state index contributed by atoms with van der Waals surface area (Å²) in [4.78, 5) is 24.8. The van der Waals surface area contributed by atoms with Crippen molar-refractivity contribution >= 4 is 29.2 Å². The molecule has 0 aliphatic carbocycles. The van der Waals surface area contributed by atoms with Gasteiger partial charge in [-0.1, -0.05) is 11.6 Å². The van der Waals surface area contributed by atoms with E-state index in [-0.39, 0.29) is 16.8 Å². The largest absolute Gasteiger partial charge is 0.478 e. The molecule has 2 aromatic rings. The van der Waals surface area contributed by atoms with Crippen molar-refractivity contribution in [1.29, 1.82) is 0 Å². The lowest BCUT2D eigenvalue weighted by molar-refractivity contribution is 0.0697. The molecule has 1 saturated heterocycles. The summed E-state index contributed by atoms with van der Waals surface area (Å²) in [6, 6.07) is 1.49. The molecule has 7 nitrogen and oxygen atoms in total. The van der Waals surface area contributed by atoms with Crippen LogP contribution in [0.5, 0.6) is 0 Å². The molecule has 0 amide bonds. The Morgan fingerprint density at radius 2 is 2.09 bits per heavy atom. The molecular formula is C14H13ClFN5O2. The quantitative estimate of drug-likeness (QED) is 0.825. The molecule has 3 heterocycles. The minimum absolute atomic E-state index is 0.000203. The fourth-order valence-electron chi connectivity index (χ4n) is 2.47. The van der Waals surface area contributed by atoms with Gasteiger partial charge in [0.1, 0.15) is 10.7 Å². The van der Waals surface area contributed by atoms with E-state index in [2.05, 4.69) is 20.3 Å². The number of nitrogens with one attached hydrogen (secondary N) is 1. The summed E-state index contributed by atoms with van der Waals surface area (Å²) >= 11 is 5.84. The molecule has 120 valence electrons. The van der Waals surface area contributed by atoms with Crippen molar-refractivity contribution in [3.05, 3.63) is 41.2 Å². The Bertz CT molecular complexity index is 728. The highest BCUT2D eigenvalue weighted by atomic mass is 35.5. The van der Waals surface area contributed by atoms with Crippen LogP contribution in [0.4, 0.5) is 16.0 Å². The first kappa shape index (κ1) is 15.4. The minimum Gasteiger partial charge on any atom is -0.478 e. The number of hydrogen-bond donors (Lipinski definition) is 2. The Balaban J connectivity index is 1.72. The number of hydrogen-bond acceptors (Lipinski definition) is 6. The summed E-state index contributed by atoms with van der Waals surface area (Å²) < 4.78 is 12.9. The van der Waals surface area contributed by atoms with Crippen LogP contribution in [0.15, 0.2) is 24.7 Å². The number of carbonyl (C=O) groups is 1. The first-order valence-corrected chi connectivity index (χ1v) is 7.28.